The second-order valence-electron chi connectivity index (χ2n) is 20.2. The summed E-state index contributed by atoms with van der Waals surface area (Å²) in [5.41, 5.74) is 0. The third-order valence-electron chi connectivity index (χ3n) is 12.5. The van der Waals surface area contributed by atoms with Gasteiger partial charge < -0.3 is 114 Å². The highest BCUT2D eigenvalue weighted by Gasteiger charge is 2.24. The molecule has 0 saturated carbocycles. The average molecular weight is 1280 g/mol. The molecule has 37 nitrogen and oxygen atoms in total. The molecular formula is C52H80N11O26-11. The summed E-state index contributed by atoms with van der Waals surface area (Å²) < 4.78 is 0. The molecule has 0 aromatic carbocycles. The Labute approximate surface area is 514 Å². The summed E-state index contributed by atoms with van der Waals surface area (Å²) in [7, 11) is 1.57. The summed E-state index contributed by atoms with van der Waals surface area (Å²) in [6.07, 6.45) is 0. The van der Waals surface area contributed by atoms with Gasteiger partial charge in [-0.1, -0.05) is 6.92 Å². The Morgan fingerprint density at radius 1 is 0.303 bits per heavy atom. The van der Waals surface area contributed by atoms with Crippen molar-refractivity contribution < 1.29 is 128 Å². The first-order valence-corrected chi connectivity index (χ1v) is 27.4. The van der Waals surface area contributed by atoms with E-state index < -0.39 is 136 Å². The summed E-state index contributed by atoms with van der Waals surface area (Å²) in [5.74, 6) is -16.7. The quantitative estimate of drug-likeness (QED) is 0.0591. The molecule has 0 heterocycles. The second kappa shape index (κ2) is 48.2. The van der Waals surface area contributed by atoms with Crippen LogP contribution in [0.3, 0.4) is 0 Å². The zero-order valence-corrected chi connectivity index (χ0v) is 51.0. The van der Waals surface area contributed by atoms with E-state index >= 15 is 0 Å². The molecule has 0 radical (unpaired) electrons. The van der Waals surface area contributed by atoms with Crippen LogP contribution in [0.2, 0.25) is 0 Å². The van der Waals surface area contributed by atoms with Gasteiger partial charge in [0.2, 0.25) is 5.91 Å². The van der Waals surface area contributed by atoms with Crippen LogP contribution in [0, 0.1) is 0 Å². The first-order valence-electron chi connectivity index (χ1n) is 27.4. The molecule has 0 bridgehead atoms. The van der Waals surface area contributed by atoms with Crippen LogP contribution < -0.4 is 61.5 Å². The van der Waals surface area contributed by atoms with Crippen LogP contribution in [0.1, 0.15) is 41.5 Å². The average Bonchev–Trinajstić information content (AvgIpc) is 3.51. The zero-order chi connectivity index (χ0) is 69.1. The van der Waals surface area contributed by atoms with Gasteiger partial charge in [0.1, 0.15) is 17.3 Å². The second-order valence-corrected chi connectivity index (χ2v) is 20.2. The molecule has 0 saturated heterocycles. The monoisotopic (exact) mass is 1270 g/mol. The highest BCUT2D eigenvalue weighted by Crippen LogP contribution is 2.06. The Morgan fingerprint density at radius 2 is 0.539 bits per heavy atom. The number of carboxylic acids is 11. The van der Waals surface area contributed by atoms with Crippen molar-refractivity contribution in [2.24, 2.45) is 0 Å². The lowest BCUT2D eigenvalue weighted by atomic mass is 10.2. The number of nitrogens with zero attached hydrogens (tertiary/aromatic N) is 10. The van der Waals surface area contributed by atoms with Gasteiger partial charge in [-0.05, 0) is 48.2 Å². The number of rotatable bonds is 52. The topological polar surface area (TPSA) is 554 Å². The van der Waals surface area contributed by atoms with Crippen molar-refractivity contribution in [3.8, 4) is 0 Å². The minimum Gasteiger partial charge on any atom is -0.549 e. The Balaban J connectivity index is -0.00000126. The van der Waals surface area contributed by atoms with Crippen molar-refractivity contribution in [2.45, 2.75) is 53.6 Å². The highest BCUT2D eigenvalue weighted by molar-refractivity contribution is 5.87. The van der Waals surface area contributed by atoms with Crippen LogP contribution >= 0.6 is 0 Å². The Bertz CT molecular complexity index is 2170. The van der Waals surface area contributed by atoms with Gasteiger partial charge in [-0.3, -0.25) is 68.2 Å². The van der Waals surface area contributed by atoms with E-state index in [4.69, 9.17) is 0 Å². The first-order chi connectivity index (χ1) is 41.3. The maximum Gasteiger partial charge on any atom is 0.237 e. The largest absolute Gasteiger partial charge is 0.549 e. The van der Waals surface area contributed by atoms with Gasteiger partial charge in [-0.2, -0.15) is 0 Å². The minimum absolute atomic E-state index is 0.0129. The predicted molar refractivity (Wildman–Crippen MR) is 280 cm³/mol. The molecule has 0 rings (SSSR count). The number of carbonyl (C=O) groups excluding carboxylic acids is 15. The molecule has 510 valence electrons. The molecule has 0 aliphatic carbocycles. The summed E-state index contributed by atoms with van der Waals surface area (Å²) in [6, 6.07) is -1.33. The maximum absolute atomic E-state index is 12.5. The number of carbonyl (C=O) groups is 15. The molecule has 37 heteroatoms. The number of likely N-dealkylation sites (N-methyl/N-ethyl adjacent to an activating group) is 2. The number of nitrogens with one attached hydrogen (secondary N) is 1. The fraction of sp³-hybridized carbons (Fsp3) is 0.712. The number of hydrogen-bond donors (Lipinski definition) is 1. The van der Waals surface area contributed by atoms with E-state index in [1.807, 2.05) is 0 Å². The van der Waals surface area contributed by atoms with Crippen molar-refractivity contribution in [1.82, 2.24) is 54.3 Å². The third kappa shape index (κ3) is 50.9. The molecule has 0 aliphatic rings. The van der Waals surface area contributed by atoms with E-state index in [0.717, 1.165) is 14.7 Å². The summed E-state index contributed by atoms with van der Waals surface area (Å²) in [5, 5.41) is 121. The van der Waals surface area contributed by atoms with Crippen LogP contribution in [0.4, 0.5) is 0 Å². The van der Waals surface area contributed by atoms with E-state index in [9.17, 15) is 128 Å². The van der Waals surface area contributed by atoms with Gasteiger partial charge in [0.25, 0.3) is 0 Å². The normalized spacial score (nSPS) is 12.0. The van der Waals surface area contributed by atoms with Gasteiger partial charge in [-0.25, -0.2) is 0 Å². The fourth-order valence-electron chi connectivity index (χ4n) is 7.92. The zero-order valence-electron chi connectivity index (χ0n) is 51.0. The number of hydrogen-bond acceptors (Lipinski definition) is 36. The van der Waals surface area contributed by atoms with Crippen molar-refractivity contribution in [3.63, 3.8) is 0 Å². The predicted octanol–water partition coefficient (Wildman–Crippen LogP) is -20.5. The van der Waals surface area contributed by atoms with Crippen LogP contribution in [-0.2, 0) is 71.9 Å². The minimum atomic E-state index is -1.51. The van der Waals surface area contributed by atoms with Crippen molar-refractivity contribution in [2.75, 3.05) is 190 Å². The lowest BCUT2D eigenvalue weighted by molar-refractivity contribution is -0.313. The van der Waals surface area contributed by atoms with E-state index in [2.05, 4.69) is 5.32 Å². The van der Waals surface area contributed by atoms with Crippen molar-refractivity contribution >= 4 is 88.9 Å². The number of carboxylic acid groups (broad SMARTS) is 11. The smallest absolute Gasteiger partial charge is 0.237 e. The molecule has 0 aliphatic heterocycles. The summed E-state index contributed by atoms with van der Waals surface area (Å²) in [4.78, 5) is 179. The molecule has 1 N–H and O–H groups in total. The summed E-state index contributed by atoms with van der Waals surface area (Å²) in [6.45, 7) is 4.54. The standard InChI is InChI=1S/C21H39N5O8.C16H27N3O9.C15H25N3O9/c1-5-24(14-19(30)31)8-10-26(17(3)21(34)22-12-16(2)27)11-9-25(15-20(32)33)7-6-23(4)13-18(28)29;1-11(12(2)20)19(5-3-17(7-13(21)22)8-14(23)24)6-4-18(9-15(25)26)10-16(27)28;1-11(19)6-17(8-13(22)23)4-2-16(7-12(20)21)3-5-18(9-14(24)25)10-15(26)27/h17H,5-15H2,1-4H3,(H,22,34)(H,28,29)(H,30,31)(H,32,33);11H,3-10H2,1-2H3,(H,21,22)(H,23,24)(H,25,26)(H,27,28);2-10H2,1H3,(H,20,21)(H,22,23)(H,24,25)(H,26,27)/p-11. The van der Waals surface area contributed by atoms with Crippen LogP contribution in [-0.4, -0.2) is 340 Å². The van der Waals surface area contributed by atoms with E-state index in [1.165, 1.54) is 35.5 Å². The lowest BCUT2D eigenvalue weighted by Gasteiger charge is -2.33. The number of Topliss-reactive ketones (excluding diaryl/α,β-unsaturated/α-hetero) is 3. The Morgan fingerprint density at radius 3 is 0.820 bits per heavy atom. The fourth-order valence-corrected chi connectivity index (χ4v) is 7.92. The van der Waals surface area contributed by atoms with Gasteiger partial charge in [0, 0.05) is 164 Å². The van der Waals surface area contributed by atoms with Crippen molar-refractivity contribution in [3.05, 3.63) is 0 Å². The van der Waals surface area contributed by atoms with Crippen molar-refractivity contribution in [1.29, 1.82) is 0 Å². The number of aliphatic carboxylic acids is 11. The molecule has 2 unspecified atom stereocenters. The first kappa shape index (κ1) is 85.5. The van der Waals surface area contributed by atoms with Gasteiger partial charge in [0.15, 0.2) is 0 Å². The van der Waals surface area contributed by atoms with E-state index in [-0.39, 0.29) is 129 Å². The number of amides is 1. The molecule has 0 spiro atoms. The van der Waals surface area contributed by atoms with Gasteiger partial charge in [-0.15, -0.1) is 0 Å². The maximum atomic E-state index is 12.5. The van der Waals surface area contributed by atoms with E-state index in [0.29, 0.717) is 19.6 Å². The lowest BCUT2D eigenvalue weighted by Crippen LogP contribution is -2.52. The van der Waals surface area contributed by atoms with Crippen LogP contribution in [0.5, 0.6) is 0 Å². The van der Waals surface area contributed by atoms with Gasteiger partial charge in [0.05, 0.1) is 90.8 Å². The molecular weight excluding hydrogens is 1190 g/mol. The van der Waals surface area contributed by atoms with Gasteiger partial charge >= 0.3 is 0 Å². The Hall–Kier alpha value is -7.75. The molecule has 1 amide bonds. The molecule has 2 atom stereocenters. The SMILES string of the molecule is CC(=O)C(C)N(CCN(CC(=O)[O-])CC(=O)[O-])CCN(CC(=O)[O-])CC(=O)[O-].CC(=O)CN(CCN(CCN(CC(=O)[O-])CC(=O)[O-])CC(=O)[O-])CC(=O)[O-].CCN(CCN(CCN(CCN(C)CC(=O)[O-])CC(=O)[O-])C(C)C(=O)NCC(C)=O)CC(=O)[O-]. The molecule has 89 heavy (non-hydrogen) atoms. The molecule has 0 aromatic heterocycles. The number of ketones is 3. The van der Waals surface area contributed by atoms with Crippen LogP contribution in [0.15, 0.2) is 0 Å². The summed E-state index contributed by atoms with van der Waals surface area (Å²) >= 11 is 0. The van der Waals surface area contributed by atoms with Crippen LogP contribution in [0.25, 0.3) is 0 Å². The third-order valence-corrected chi connectivity index (χ3v) is 12.5. The van der Waals surface area contributed by atoms with E-state index in [1.54, 1.807) is 47.4 Å². The Kier molecular flexibility index (Phi) is 46.3. The molecule has 0 aromatic rings. The highest BCUT2D eigenvalue weighted by atomic mass is 16.4. The molecule has 0 fully saturated rings.